The fourth-order valence-electron chi connectivity index (χ4n) is 2.79. The van der Waals surface area contributed by atoms with Crippen molar-refractivity contribution in [1.82, 2.24) is 0 Å². The van der Waals surface area contributed by atoms with Crippen LogP contribution in [0.2, 0.25) is 0 Å². The number of benzene rings is 2. The van der Waals surface area contributed by atoms with Gasteiger partial charge < -0.3 is 14.8 Å². The molecule has 0 aromatic heterocycles. The first kappa shape index (κ1) is 22.2. The van der Waals surface area contributed by atoms with Gasteiger partial charge in [-0.1, -0.05) is 25.5 Å². The van der Waals surface area contributed by atoms with Crippen LogP contribution >= 0.6 is 0 Å². The van der Waals surface area contributed by atoms with Crippen LogP contribution in [0, 0.1) is 17.0 Å². The second-order valence-electron chi connectivity index (χ2n) is 6.74. The summed E-state index contributed by atoms with van der Waals surface area (Å²) in [5.41, 5.74) is 1.80. The van der Waals surface area contributed by atoms with E-state index in [0.29, 0.717) is 31.1 Å². The number of nitro benzene ring substituents is 1. The summed E-state index contributed by atoms with van der Waals surface area (Å²) < 4.78 is 11.4. The molecule has 29 heavy (non-hydrogen) atoms. The van der Waals surface area contributed by atoms with E-state index in [4.69, 9.17) is 9.47 Å². The Balaban J connectivity index is 2.01. The van der Waals surface area contributed by atoms with Crippen molar-refractivity contribution in [1.29, 1.82) is 0 Å². The molecule has 0 aliphatic heterocycles. The zero-order valence-corrected chi connectivity index (χ0v) is 17.2. The molecule has 0 spiro atoms. The Bertz CT molecular complexity index is 851. The van der Waals surface area contributed by atoms with Gasteiger partial charge >= 0.3 is 0 Å². The molecule has 1 N–H and O–H groups in total. The Labute approximate surface area is 171 Å². The van der Waals surface area contributed by atoms with Crippen LogP contribution in [0.5, 0.6) is 11.5 Å². The number of hydrogen-bond donors (Lipinski definition) is 1. The molecule has 0 atom stereocenters. The van der Waals surface area contributed by atoms with Gasteiger partial charge in [0, 0.05) is 12.5 Å². The van der Waals surface area contributed by atoms with Crippen LogP contribution in [0.15, 0.2) is 36.4 Å². The molecular formula is C22H28N2O5. The normalized spacial score (nSPS) is 10.4. The minimum absolute atomic E-state index is 0.106. The Morgan fingerprint density at radius 3 is 2.59 bits per heavy atom. The lowest BCUT2D eigenvalue weighted by Crippen LogP contribution is -2.13. The molecule has 2 aromatic carbocycles. The van der Waals surface area contributed by atoms with Crippen LogP contribution in [0.4, 0.5) is 11.4 Å². The minimum Gasteiger partial charge on any atom is -0.490 e. The Morgan fingerprint density at radius 1 is 1.10 bits per heavy atom. The highest BCUT2D eigenvalue weighted by molar-refractivity contribution is 5.93. The lowest BCUT2D eigenvalue weighted by atomic mass is 10.1. The third kappa shape index (κ3) is 6.78. The fourth-order valence-corrected chi connectivity index (χ4v) is 2.79. The second kappa shape index (κ2) is 11.0. The van der Waals surface area contributed by atoms with Crippen LogP contribution in [0.25, 0.3) is 0 Å². The summed E-state index contributed by atoms with van der Waals surface area (Å²) in [5.74, 6) is 1.08. The molecule has 7 nitrogen and oxygen atoms in total. The summed E-state index contributed by atoms with van der Waals surface area (Å²) in [6.07, 6.45) is 2.71. The Kier molecular flexibility index (Phi) is 8.45. The Hall–Kier alpha value is -3.09. The molecule has 0 radical (unpaired) electrons. The second-order valence-corrected chi connectivity index (χ2v) is 6.74. The molecule has 0 aliphatic rings. The van der Waals surface area contributed by atoms with Gasteiger partial charge in [-0.15, -0.1) is 0 Å². The van der Waals surface area contributed by atoms with E-state index in [2.05, 4.69) is 12.2 Å². The number of carbonyl (C=O) groups excluding carboxylic acids is 1. The summed E-state index contributed by atoms with van der Waals surface area (Å²) in [7, 11) is 0. The molecule has 2 aromatic rings. The van der Waals surface area contributed by atoms with Crippen LogP contribution < -0.4 is 14.8 Å². The quantitative estimate of drug-likeness (QED) is 0.324. The molecule has 0 saturated carbocycles. The van der Waals surface area contributed by atoms with Crippen LogP contribution in [0.1, 0.15) is 44.2 Å². The number of carbonyl (C=O) groups is 1. The van der Waals surface area contributed by atoms with Crippen molar-refractivity contribution in [3.8, 4) is 11.5 Å². The molecule has 0 fully saturated rings. The van der Waals surface area contributed by atoms with Gasteiger partial charge in [0.05, 0.1) is 18.1 Å². The number of unbranched alkanes of at least 4 members (excludes halogenated alkanes) is 1. The molecule has 2 rings (SSSR count). The molecule has 156 valence electrons. The van der Waals surface area contributed by atoms with Crippen molar-refractivity contribution >= 4 is 17.3 Å². The SMILES string of the molecule is CCCCOc1ccc(CCC(=O)Nc2ccc(C)cc2[N+](=O)[O-])cc1OCC. The van der Waals surface area contributed by atoms with E-state index in [1.807, 2.05) is 25.1 Å². The van der Waals surface area contributed by atoms with Crippen LogP contribution in [-0.2, 0) is 11.2 Å². The third-order valence-corrected chi connectivity index (χ3v) is 4.33. The maximum atomic E-state index is 12.3. The smallest absolute Gasteiger partial charge is 0.293 e. The number of amides is 1. The van der Waals surface area contributed by atoms with Gasteiger partial charge in [0.1, 0.15) is 5.69 Å². The lowest BCUT2D eigenvalue weighted by Gasteiger charge is -2.13. The summed E-state index contributed by atoms with van der Waals surface area (Å²) in [6, 6.07) is 10.4. The van der Waals surface area contributed by atoms with Crippen molar-refractivity contribution in [2.75, 3.05) is 18.5 Å². The molecule has 0 saturated heterocycles. The predicted molar refractivity (Wildman–Crippen MR) is 113 cm³/mol. The van der Waals surface area contributed by atoms with Gasteiger partial charge in [-0.25, -0.2) is 0 Å². The molecule has 0 bridgehead atoms. The molecule has 7 heteroatoms. The van der Waals surface area contributed by atoms with Crippen LogP contribution in [0.3, 0.4) is 0 Å². The van der Waals surface area contributed by atoms with Gasteiger partial charge in [0.2, 0.25) is 5.91 Å². The topological polar surface area (TPSA) is 90.7 Å². The zero-order chi connectivity index (χ0) is 21.2. The molecule has 1 amide bonds. The van der Waals surface area contributed by atoms with Gasteiger partial charge in [-0.3, -0.25) is 14.9 Å². The van der Waals surface area contributed by atoms with E-state index in [1.54, 1.807) is 19.1 Å². The van der Waals surface area contributed by atoms with Crippen molar-refractivity contribution < 1.29 is 19.2 Å². The summed E-state index contributed by atoms with van der Waals surface area (Å²) in [6.45, 7) is 6.93. The summed E-state index contributed by atoms with van der Waals surface area (Å²) in [5, 5.41) is 13.8. The standard InChI is InChI=1S/C22H28N2O5/c1-4-6-13-29-20-11-8-17(15-21(20)28-5-2)9-12-22(25)23-18-10-7-16(3)14-19(18)24(26)27/h7-8,10-11,14-15H,4-6,9,12-13H2,1-3H3,(H,23,25). The number of aryl methyl sites for hydroxylation is 2. The minimum atomic E-state index is -0.492. The highest BCUT2D eigenvalue weighted by atomic mass is 16.6. The zero-order valence-electron chi connectivity index (χ0n) is 17.2. The largest absolute Gasteiger partial charge is 0.490 e. The van der Waals surface area contributed by atoms with Crippen molar-refractivity contribution in [3.63, 3.8) is 0 Å². The average molecular weight is 400 g/mol. The Morgan fingerprint density at radius 2 is 1.90 bits per heavy atom. The van der Waals surface area contributed by atoms with E-state index >= 15 is 0 Å². The number of hydrogen-bond acceptors (Lipinski definition) is 5. The highest BCUT2D eigenvalue weighted by Crippen LogP contribution is 2.30. The van der Waals surface area contributed by atoms with Crippen molar-refractivity contribution in [3.05, 3.63) is 57.6 Å². The van der Waals surface area contributed by atoms with E-state index < -0.39 is 4.92 Å². The van der Waals surface area contributed by atoms with E-state index in [0.717, 1.165) is 24.0 Å². The molecular weight excluding hydrogens is 372 g/mol. The molecule has 0 aliphatic carbocycles. The van der Waals surface area contributed by atoms with E-state index in [-0.39, 0.29) is 23.7 Å². The van der Waals surface area contributed by atoms with Gasteiger partial charge in [0.15, 0.2) is 11.5 Å². The summed E-state index contributed by atoms with van der Waals surface area (Å²) in [4.78, 5) is 23.0. The first-order valence-electron chi connectivity index (χ1n) is 9.88. The number of nitro groups is 1. The summed E-state index contributed by atoms with van der Waals surface area (Å²) >= 11 is 0. The highest BCUT2D eigenvalue weighted by Gasteiger charge is 2.16. The third-order valence-electron chi connectivity index (χ3n) is 4.33. The maximum absolute atomic E-state index is 12.3. The predicted octanol–water partition coefficient (Wildman–Crippen LogP) is 5.05. The number of nitrogens with zero attached hydrogens (tertiary/aromatic N) is 1. The molecule has 0 unspecified atom stereocenters. The van der Waals surface area contributed by atoms with Crippen molar-refractivity contribution in [2.45, 2.75) is 46.5 Å². The van der Waals surface area contributed by atoms with Gasteiger partial charge in [-0.2, -0.15) is 0 Å². The van der Waals surface area contributed by atoms with Gasteiger partial charge in [-0.05, 0) is 56.0 Å². The number of ether oxygens (including phenoxy) is 2. The van der Waals surface area contributed by atoms with E-state index in [9.17, 15) is 14.9 Å². The monoisotopic (exact) mass is 400 g/mol. The average Bonchev–Trinajstić information content (AvgIpc) is 2.69. The number of rotatable bonds is 11. The van der Waals surface area contributed by atoms with E-state index in [1.165, 1.54) is 6.07 Å². The van der Waals surface area contributed by atoms with Gasteiger partial charge in [0.25, 0.3) is 5.69 Å². The molecule has 0 heterocycles. The fraction of sp³-hybridized carbons (Fsp3) is 0.409. The number of nitrogens with one attached hydrogen (secondary N) is 1. The van der Waals surface area contributed by atoms with Crippen LogP contribution in [-0.4, -0.2) is 24.0 Å². The number of anilines is 1. The maximum Gasteiger partial charge on any atom is 0.293 e. The lowest BCUT2D eigenvalue weighted by molar-refractivity contribution is -0.384. The first-order valence-corrected chi connectivity index (χ1v) is 9.88. The van der Waals surface area contributed by atoms with Crippen molar-refractivity contribution in [2.24, 2.45) is 0 Å². The first-order chi connectivity index (χ1) is 13.9.